The summed E-state index contributed by atoms with van der Waals surface area (Å²) in [6.45, 7) is 3.43. The number of benzene rings is 1. The van der Waals surface area contributed by atoms with Crippen molar-refractivity contribution >= 4 is 29.2 Å². The number of guanidine groups is 2. The molecule has 0 aliphatic carbocycles. The minimum absolute atomic E-state index is 0.0322. The number of nitrogens with two attached hydrogens (primary N) is 2. The third-order valence-electron chi connectivity index (χ3n) is 2.91. The Kier molecular flexibility index (Phi) is 4.20. The fourth-order valence-corrected chi connectivity index (χ4v) is 2.11. The summed E-state index contributed by atoms with van der Waals surface area (Å²) in [7, 11) is 0. The van der Waals surface area contributed by atoms with Gasteiger partial charge in [-0.1, -0.05) is 11.6 Å². The molecule has 9 nitrogen and oxygen atoms in total. The van der Waals surface area contributed by atoms with Gasteiger partial charge in [-0.3, -0.25) is 15.0 Å². The van der Waals surface area contributed by atoms with Crippen LogP contribution >= 0.6 is 11.6 Å². The number of rotatable bonds is 4. The second kappa shape index (κ2) is 5.78. The van der Waals surface area contributed by atoms with E-state index in [2.05, 4.69) is 9.98 Å². The highest BCUT2D eigenvalue weighted by Gasteiger charge is 2.33. The van der Waals surface area contributed by atoms with Crippen LogP contribution in [0.25, 0.3) is 0 Å². The summed E-state index contributed by atoms with van der Waals surface area (Å²) in [6.07, 6.45) is 0. The molecule has 0 aromatic heterocycles. The Morgan fingerprint density at radius 1 is 1.45 bits per heavy atom. The van der Waals surface area contributed by atoms with E-state index in [-0.39, 0.29) is 24.2 Å². The molecule has 1 aliphatic rings. The summed E-state index contributed by atoms with van der Waals surface area (Å²) in [6, 6.07) is 4.09. The smallest absolute Gasteiger partial charge is 0.269 e. The van der Waals surface area contributed by atoms with Crippen molar-refractivity contribution in [2.24, 2.45) is 21.5 Å². The van der Waals surface area contributed by atoms with Crippen LogP contribution in [0.3, 0.4) is 0 Å². The van der Waals surface area contributed by atoms with E-state index in [0.29, 0.717) is 10.6 Å². The van der Waals surface area contributed by atoms with Crippen molar-refractivity contribution in [2.45, 2.75) is 26.1 Å². The van der Waals surface area contributed by atoms with Crippen molar-refractivity contribution in [3.8, 4) is 0 Å². The van der Waals surface area contributed by atoms with Gasteiger partial charge >= 0.3 is 0 Å². The Bertz CT molecular complexity index is 673. The third-order valence-corrected chi connectivity index (χ3v) is 3.28. The topological polar surface area (TPSA) is 132 Å². The van der Waals surface area contributed by atoms with Crippen LogP contribution in [0, 0.1) is 10.1 Å². The van der Waals surface area contributed by atoms with Gasteiger partial charge in [0, 0.05) is 22.7 Å². The minimum atomic E-state index is -0.858. The molecule has 118 valence electrons. The van der Waals surface area contributed by atoms with E-state index in [1.54, 1.807) is 13.8 Å². The first-order valence-corrected chi connectivity index (χ1v) is 6.64. The van der Waals surface area contributed by atoms with Crippen LogP contribution in [0.4, 0.5) is 5.69 Å². The molecule has 0 spiro atoms. The number of nitrogens with zero attached hydrogens (tertiary/aromatic N) is 4. The zero-order valence-electron chi connectivity index (χ0n) is 12.0. The van der Waals surface area contributed by atoms with Gasteiger partial charge in [0.05, 0.1) is 4.92 Å². The van der Waals surface area contributed by atoms with E-state index in [1.807, 2.05) is 0 Å². The maximum absolute atomic E-state index is 10.8. The first kappa shape index (κ1) is 16.0. The van der Waals surface area contributed by atoms with Crippen LogP contribution in [-0.4, -0.2) is 27.6 Å². The Morgan fingerprint density at radius 3 is 2.73 bits per heavy atom. The Labute approximate surface area is 131 Å². The molecule has 0 fully saturated rings. The molecule has 0 amide bonds. The van der Waals surface area contributed by atoms with Gasteiger partial charge in [-0.2, -0.15) is 10.1 Å². The van der Waals surface area contributed by atoms with E-state index in [0.717, 1.165) is 0 Å². The van der Waals surface area contributed by atoms with E-state index in [1.165, 1.54) is 23.3 Å². The number of nitro benzene ring substituents is 1. The standard InChI is InChI=1S/C12H15ClN6O3/c1-12(2)17-10(14)16-11(15)18(12)22-6-7-5-8(19(20)21)3-4-9(7)13/h3-5H,6H2,1-2H3,(H4,14,15,16,17). The number of hydrogen-bond acceptors (Lipinski definition) is 8. The van der Waals surface area contributed by atoms with Crippen molar-refractivity contribution in [1.29, 1.82) is 0 Å². The molecule has 0 saturated heterocycles. The SMILES string of the molecule is CC1(C)N=C(N)N=C(N)N1OCc1cc([N+](=O)[O-])ccc1Cl. The summed E-state index contributed by atoms with van der Waals surface area (Å²) >= 11 is 6.02. The molecule has 0 unspecified atom stereocenters. The molecule has 4 N–H and O–H groups in total. The van der Waals surface area contributed by atoms with Crippen molar-refractivity contribution in [3.63, 3.8) is 0 Å². The van der Waals surface area contributed by atoms with Crippen LogP contribution in [-0.2, 0) is 11.4 Å². The lowest BCUT2D eigenvalue weighted by Gasteiger charge is -2.36. The second-order valence-corrected chi connectivity index (χ2v) is 5.44. The molecule has 0 bridgehead atoms. The van der Waals surface area contributed by atoms with Gasteiger partial charge in [0.1, 0.15) is 6.61 Å². The number of hydrogen-bond donors (Lipinski definition) is 2. The van der Waals surface area contributed by atoms with Gasteiger partial charge in [-0.25, -0.2) is 4.99 Å². The summed E-state index contributed by atoms with van der Waals surface area (Å²) in [5, 5.41) is 12.4. The zero-order chi connectivity index (χ0) is 16.5. The molecule has 2 rings (SSSR count). The fraction of sp³-hybridized carbons (Fsp3) is 0.333. The predicted octanol–water partition coefficient (Wildman–Crippen LogP) is 1.36. The second-order valence-electron chi connectivity index (χ2n) is 5.04. The molecule has 0 saturated carbocycles. The number of halogens is 1. The number of hydroxylamine groups is 2. The van der Waals surface area contributed by atoms with E-state index in [4.69, 9.17) is 27.9 Å². The largest absolute Gasteiger partial charge is 0.368 e. The molecule has 10 heteroatoms. The minimum Gasteiger partial charge on any atom is -0.368 e. The van der Waals surface area contributed by atoms with Gasteiger partial charge in [-0.05, 0) is 19.9 Å². The van der Waals surface area contributed by atoms with Crippen molar-refractivity contribution in [2.75, 3.05) is 0 Å². The van der Waals surface area contributed by atoms with E-state index < -0.39 is 10.6 Å². The average Bonchev–Trinajstić information content (AvgIpc) is 2.38. The average molecular weight is 327 g/mol. The van der Waals surface area contributed by atoms with Crippen molar-refractivity contribution < 1.29 is 9.76 Å². The highest BCUT2D eigenvalue weighted by atomic mass is 35.5. The lowest BCUT2D eigenvalue weighted by Crippen LogP contribution is -2.53. The number of non-ortho nitro benzene ring substituents is 1. The van der Waals surface area contributed by atoms with Gasteiger partial charge in [-0.15, -0.1) is 0 Å². The van der Waals surface area contributed by atoms with Crippen LogP contribution in [0.2, 0.25) is 5.02 Å². The van der Waals surface area contributed by atoms with Gasteiger partial charge in [0.2, 0.25) is 11.9 Å². The van der Waals surface area contributed by atoms with E-state index in [9.17, 15) is 10.1 Å². The maximum atomic E-state index is 10.8. The normalized spacial score (nSPS) is 17.0. The lowest BCUT2D eigenvalue weighted by molar-refractivity contribution is -0.385. The zero-order valence-corrected chi connectivity index (χ0v) is 12.7. The summed E-state index contributed by atoms with van der Waals surface area (Å²) in [4.78, 5) is 23.8. The molecule has 1 aromatic rings. The summed E-state index contributed by atoms with van der Waals surface area (Å²) in [5.74, 6) is 0.0924. The summed E-state index contributed by atoms with van der Waals surface area (Å²) in [5.41, 5.74) is 10.8. The fourth-order valence-electron chi connectivity index (χ4n) is 1.94. The molecule has 0 atom stereocenters. The molecule has 22 heavy (non-hydrogen) atoms. The third kappa shape index (κ3) is 3.26. The van der Waals surface area contributed by atoms with Crippen LogP contribution < -0.4 is 11.5 Å². The molecular formula is C12H15ClN6O3. The van der Waals surface area contributed by atoms with Crippen molar-refractivity contribution in [3.05, 3.63) is 38.9 Å². The molecule has 1 aliphatic heterocycles. The Hall–Kier alpha value is -2.39. The van der Waals surface area contributed by atoms with Gasteiger partial charge in [0.15, 0.2) is 5.66 Å². The van der Waals surface area contributed by atoms with Crippen LogP contribution in [0.5, 0.6) is 0 Å². The molecule has 0 radical (unpaired) electrons. The molecule has 1 heterocycles. The highest BCUT2D eigenvalue weighted by Crippen LogP contribution is 2.25. The lowest BCUT2D eigenvalue weighted by atomic mass is 10.2. The first-order chi connectivity index (χ1) is 10.2. The van der Waals surface area contributed by atoms with Crippen LogP contribution in [0.1, 0.15) is 19.4 Å². The number of aliphatic imine (C=N–C) groups is 2. The van der Waals surface area contributed by atoms with Gasteiger partial charge < -0.3 is 11.5 Å². The Balaban J connectivity index is 2.18. The monoisotopic (exact) mass is 326 g/mol. The van der Waals surface area contributed by atoms with E-state index >= 15 is 0 Å². The highest BCUT2D eigenvalue weighted by molar-refractivity contribution is 6.31. The maximum Gasteiger partial charge on any atom is 0.269 e. The van der Waals surface area contributed by atoms with Gasteiger partial charge in [0.25, 0.3) is 5.69 Å². The predicted molar refractivity (Wildman–Crippen MR) is 82.1 cm³/mol. The Morgan fingerprint density at radius 2 is 2.14 bits per heavy atom. The quantitative estimate of drug-likeness (QED) is 0.634. The van der Waals surface area contributed by atoms with Crippen molar-refractivity contribution in [1.82, 2.24) is 5.06 Å². The van der Waals surface area contributed by atoms with Crippen LogP contribution in [0.15, 0.2) is 28.2 Å². The summed E-state index contributed by atoms with van der Waals surface area (Å²) < 4.78 is 0. The molecule has 1 aromatic carbocycles. The molecular weight excluding hydrogens is 312 g/mol. The number of nitro groups is 1. The first-order valence-electron chi connectivity index (χ1n) is 6.26.